The lowest BCUT2D eigenvalue weighted by Gasteiger charge is -2.43. The fourth-order valence-electron chi connectivity index (χ4n) is 4.76. The molecule has 1 fully saturated rings. The molecule has 0 aromatic heterocycles. The first-order valence-electron chi connectivity index (χ1n) is 11.3. The monoisotopic (exact) mass is 466 g/mol. The summed E-state index contributed by atoms with van der Waals surface area (Å²) in [5.74, 6) is 0.219. The first-order valence-corrected chi connectivity index (χ1v) is 12.1. The minimum Gasteiger partial charge on any atom is -0.491 e. The number of carbonyl (C=O) groups excluding carboxylic acids is 1. The van der Waals surface area contributed by atoms with Crippen LogP contribution in [0.3, 0.4) is 0 Å². The van der Waals surface area contributed by atoms with E-state index in [-0.39, 0.29) is 36.2 Å². The van der Waals surface area contributed by atoms with Crippen molar-refractivity contribution in [2.75, 3.05) is 31.1 Å². The Morgan fingerprint density at radius 3 is 2.79 bits per heavy atom. The highest BCUT2D eigenvalue weighted by molar-refractivity contribution is 8.00. The van der Waals surface area contributed by atoms with Crippen molar-refractivity contribution in [3.05, 3.63) is 78.7 Å². The van der Waals surface area contributed by atoms with Gasteiger partial charge >= 0.3 is 0 Å². The minimum atomic E-state index is -1.06. The van der Waals surface area contributed by atoms with Gasteiger partial charge in [-0.1, -0.05) is 36.4 Å². The number of likely N-dealkylation sites (tertiary alicyclic amines) is 1. The highest BCUT2D eigenvalue weighted by Gasteiger charge is 2.39. The maximum atomic E-state index is 13.6. The number of nitrogens with zero attached hydrogens (tertiary/aromatic N) is 2. The Bertz CT molecular complexity index is 1070. The average molecular weight is 467 g/mol. The molecule has 5 nitrogen and oxygen atoms in total. The number of β-amino-alcohol motifs (C(OH)–C–C–N with tert-alkyl or cyclic N) is 1. The number of carbonyl (C=O) groups is 1. The summed E-state index contributed by atoms with van der Waals surface area (Å²) in [6.07, 6.45) is 9.66. The fourth-order valence-corrected chi connectivity index (χ4v) is 6.01. The molecule has 3 aliphatic rings. The topological polar surface area (TPSA) is 53.0 Å². The second-order valence-electron chi connectivity index (χ2n) is 8.86. The van der Waals surface area contributed by atoms with Gasteiger partial charge in [-0.25, -0.2) is 4.39 Å². The van der Waals surface area contributed by atoms with Crippen LogP contribution in [0, 0.1) is 5.82 Å². The van der Waals surface area contributed by atoms with E-state index >= 15 is 0 Å². The number of hydrogen-bond acceptors (Lipinski definition) is 5. The Kier molecular flexibility index (Phi) is 6.27. The molecule has 1 aliphatic carbocycles. The molecule has 0 radical (unpaired) electrons. The molecule has 1 N–H and O–H groups in total. The summed E-state index contributed by atoms with van der Waals surface area (Å²) in [5.41, 5.74) is -0.112. The Morgan fingerprint density at radius 2 is 1.94 bits per heavy atom. The summed E-state index contributed by atoms with van der Waals surface area (Å²) >= 11 is 1.79. The van der Waals surface area contributed by atoms with Gasteiger partial charge in [-0.05, 0) is 55.8 Å². The summed E-state index contributed by atoms with van der Waals surface area (Å²) < 4.78 is 18.9. The van der Waals surface area contributed by atoms with Crippen molar-refractivity contribution < 1.29 is 19.0 Å². The molecule has 3 atom stereocenters. The number of aliphatic hydroxyl groups is 1. The Labute approximate surface area is 197 Å². The van der Waals surface area contributed by atoms with E-state index in [1.165, 1.54) is 12.1 Å². The summed E-state index contributed by atoms with van der Waals surface area (Å²) in [6.45, 7) is 1.44. The molecule has 3 unspecified atom stereocenters. The SMILES string of the molecule is O=C(CN1CCCC(O)(COc2ccc(F)cc2)C1)N1c2ccccc2SC2C=CC=CC21. The van der Waals surface area contributed by atoms with Gasteiger partial charge in [-0.15, -0.1) is 11.8 Å². The molecule has 2 heterocycles. The van der Waals surface area contributed by atoms with E-state index in [4.69, 9.17) is 4.74 Å². The summed E-state index contributed by atoms with van der Waals surface area (Å²) in [4.78, 5) is 18.6. The lowest BCUT2D eigenvalue weighted by atomic mass is 9.93. The minimum absolute atomic E-state index is 0.0205. The summed E-state index contributed by atoms with van der Waals surface area (Å²) in [7, 11) is 0. The van der Waals surface area contributed by atoms with E-state index < -0.39 is 5.60 Å². The second-order valence-corrected chi connectivity index (χ2v) is 10.1. The van der Waals surface area contributed by atoms with Crippen molar-refractivity contribution in [2.45, 2.75) is 34.6 Å². The van der Waals surface area contributed by atoms with Crippen molar-refractivity contribution in [1.29, 1.82) is 0 Å². The van der Waals surface area contributed by atoms with E-state index in [9.17, 15) is 14.3 Å². The van der Waals surface area contributed by atoms with Crippen molar-refractivity contribution in [3.63, 3.8) is 0 Å². The molecule has 0 spiro atoms. The molecule has 1 amide bonds. The van der Waals surface area contributed by atoms with Gasteiger partial charge in [-0.2, -0.15) is 0 Å². The molecule has 2 aromatic carbocycles. The highest BCUT2D eigenvalue weighted by Crippen LogP contribution is 2.43. The van der Waals surface area contributed by atoms with Crippen LogP contribution < -0.4 is 9.64 Å². The van der Waals surface area contributed by atoms with E-state index in [1.807, 2.05) is 40.2 Å². The molecule has 5 rings (SSSR count). The summed E-state index contributed by atoms with van der Waals surface area (Å²) in [6, 6.07) is 13.8. The van der Waals surface area contributed by atoms with Crippen LogP contribution in [-0.2, 0) is 4.79 Å². The average Bonchev–Trinajstić information content (AvgIpc) is 2.82. The molecule has 33 heavy (non-hydrogen) atoms. The smallest absolute Gasteiger partial charge is 0.241 e. The van der Waals surface area contributed by atoms with Crippen LogP contribution >= 0.6 is 11.8 Å². The first kappa shape index (κ1) is 22.2. The van der Waals surface area contributed by atoms with Crippen molar-refractivity contribution >= 4 is 23.4 Å². The van der Waals surface area contributed by atoms with Gasteiger partial charge in [0.25, 0.3) is 0 Å². The van der Waals surface area contributed by atoms with Gasteiger partial charge in [0.05, 0.1) is 23.5 Å². The lowest BCUT2D eigenvalue weighted by molar-refractivity contribution is -0.122. The Balaban J connectivity index is 1.27. The van der Waals surface area contributed by atoms with Crippen LogP contribution in [0.2, 0.25) is 0 Å². The maximum absolute atomic E-state index is 13.6. The Morgan fingerprint density at radius 1 is 1.15 bits per heavy atom. The fraction of sp³-hybridized carbons (Fsp3) is 0.346. The first-order chi connectivity index (χ1) is 16.0. The van der Waals surface area contributed by atoms with Crippen LogP contribution in [0.4, 0.5) is 10.1 Å². The van der Waals surface area contributed by atoms with Gasteiger partial charge in [0, 0.05) is 11.4 Å². The number of benzene rings is 2. The summed E-state index contributed by atoms with van der Waals surface area (Å²) in [5, 5.41) is 11.3. The third-order valence-corrected chi connectivity index (χ3v) is 7.63. The molecular weight excluding hydrogens is 439 g/mol. The number of halogens is 1. The largest absolute Gasteiger partial charge is 0.491 e. The van der Waals surface area contributed by atoms with Crippen molar-refractivity contribution in [2.24, 2.45) is 0 Å². The molecule has 0 saturated carbocycles. The van der Waals surface area contributed by atoms with E-state index in [0.717, 1.165) is 23.5 Å². The second kappa shape index (κ2) is 9.33. The number of piperidine rings is 1. The van der Waals surface area contributed by atoms with Crippen LogP contribution in [0.25, 0.3) is 0 Å². The van der Waals surface area contributed by atoms with Gasteiger partial charge in [0.2, 0.25) is 5.91 Å². The number of ether oxygens (including phenoxy) is 1. The predicted molar refractivity (Wildman–Crippen MR) is 128 cm³/mol. The van der Waals surface area contributed by atoms with E-state index in [2.05, 4.69) is 18.2 Å². The molecular formula is C26H27FN2O3S. The third kappa shape index (κ3) is 4.86. The quantitative estimate of drug-likeness (QED) is 0.721. The lowest BCUT2D eigenvalue weighted by Crippen LogP contribution is -2.56. The number of rotatable bonds is 5. The molecule has 2 aliphatic heterocycles. The normalized spacial score (nSPS) is 26.5. The number of allylic oxidation sites excluding steroid dienone is 2. The predicted octanol–water partition coefficient (Wildman–Crippen LogP) is 4.03. The zero-order valence-corrected chi connectivity index (χ0v) is 19.1. The number of amides is 1. The molecule has 7 heteroatoms. The van der Waals surface area contributed by atoms with Gasteiger partial charge < -0.3 is 14.7 Å². The zero-order chi connectivity index (χ0) is 22.8. The Hall–Kier alpha value is -2.61. The van der Waals surface area contributed by atoms with Gasteiger partial charge in [0.1, 0.15) is 23.8 Å². The highest BCUT2D eigenvalue weighted by atomic mass is 32.2. The van der Waals surface area contributed by atoms with Crippen LogP contribution in [0.1, 0.15) is 12.8 Å². The molecule has 172 valence electrons. The maximum Gasteiger partial charge on any atom is 0.241 e. The van der Waals surface area contributed by atoms with Crippen LogP contribution in [0.5, 0.6) is 5.75 Å². The number of thioether (sulfide) groups is 1. The number of anilines is 1. The van der Waals surface area contributed by atoms with Crippen molar-refractivity contribution in [1.82, 2.24) is 4.90 Å². The number of hydrogen-bond donors (Lipinski definition) is 1. The van der Waals surface area contributed by atoms with Crippen LogP contribution in [0.15, 0.2) is 77.7 Å². The molecule has 2 aromatic rings. The third-order valence-electron chi connectivity index (χ3n) is 6.33. The number of fused-ring (bicyclic) bond motifs is 2. The van der Waals surface area contributed by atoms with Gasteiger partial charge in [0.15, 0.2) is 0 Å². The zero-order valence-electron chi connectivity index (χ0n) is 18.3. The standard InChI is InChI=1S/C26H27FN2O3S/c27-19-10-12-20(13-11-19)32-18-26(31)14-5-15-28(17-26)16-25(30)29-21-6-1-3-8-23(21)33-24-9-4-2-7-22(24)29/h1-4,6-13,21,23,31H,5,14-18H2. The van der Waals surface area contributed by atoms with Gasteiger partial charge in [-0.3, -0.25) is 9.69 Å². The van der Waals surface area contributed by atoms with Crippen LogP contribution in [-0.4, -0.2) is 59.0 Å². The van der Waals surface area contributed by atoms with Crippen molar-refractivity contribution in [3.8, 4) is 5.75 Å². The molecule has 1 saturated heterocycles. The van der Waals surface area contributed by atoms with E-state index in [0.29, 0.717) is 18.7 Å². The number of para-hydroxylation sites is 1. The van der Waals surface area contributed by atoms with E-state index in [1.54, 1.807) is 23.9 Å². The molecule has 0 bridgehead atoms.